The summed E-state index contributed by atoms with van der Waals surface area (Å²) >= 11 is 8.08. The van der Waals surface area contributed by atoms with Crippen LogP contribution >= 0.6 is 23.4 Å². The molecule has 3 rings (SSSR count). The lowest BCUT2D eigenvalue weighted by Gasteiger charge is -2.19. The van der Waals surface area contributed by atoms with Gasteiger partial charge in [-0.3, -0.25) is 0 Å². The number of rotatable bonds is 4. The molecule has 2 aromatic rings. The van der Waals surface area contributed by atoms with Gasteiger partial charge in [0.2, 0.25) is 0 Å². The molecular formula is C17H18ClNS. The number of hydrogen-bond donors (Lipinski definition) is 1. The van der Waals surface area contributed by atoms with Crippen LogP contribution in [0.25, 0.3) is 0 Å². The average Bonchev–Trinajstić information content (AvgIpc) is 2.87. The van der Waals surface area contributed by atoms with Crippen molar-refractivity contribution in [1.29, 1.82) is 0 Å². The zero-order chi connectivity index (χ0) is 13.9. The Morgan fingerprint density at radius 1 is 1.20 bits per heavy atom. The molecule has 2 atom stereocenters. The van der Waals surface area contributed by atoms with Crippen LogP contribution in [0.3, 0.4) is 0 Å². The highest BCUT2D eigenvalue weighted by molar-refractivity contribution is 8.00. The summed E-state index contributed by atoms with van der Waals surface area (Å²) in [7, 11) is 0. The van der Waals surface area contributed by atoms with E-state index in [1.165, 1.54) is 16.0 Å². The second-order valence-corrected chi connectivity index (χ2v) is 7.05. The van der Waals surface area contributed by atoms with Crippen LogP contribution < -0.4 is 5.73 Å². The Bertz CT molecular complexity index is 574. The van der Waals surface area contributed by atoms with E-state index in [-0.39, 0.29) is 0 Å². The predicted octanol–water partition coefficient (Wildman–Crippen LogP) is 4.49. The van der Waals surface area contributed by atoms with Gasteiger partial charge in [0.05, 0.1) is 0 Å². The van der Waals surface area contributed by atoms with Crippen molar-refractivity contribution < 1.29 is 0 Å². The van der Waals surface area contributed by atoms with E-state index in [1.54, 1.807) is 0 Å². The molecule has 0 bridgehead atoms. The number of halogens is 1. The molecule has 2 aromatic carbocycles. The smallest absolute Gasteiger partial charge is 0.0408 e. The van der Waals surface area contributed by atoms with E-state index in [2.05, 4.69) is 30.3 Å². The lowest BCUT2D eigenvalue weighted by Crippen LogP contribution is -2.17. The highest BCUT2D eigenvalue weighted by atomic mass is 35.5. The van der Waals surface area contributed by atoms with Crippen LogP contribution in [0, 0.1) is 0 Å². The SMILES string of the molecule is NCC(CC1Cc2ccccc2S1)c1cccc(Cl)c1. The highest BCUT2D eigenvalue weighted by Crippen LogP contribution is 2.41. The third-order valence-corrected chi connectivity index (χ3v) is 5.45. The van der Waals surface area contributed by atoms with Gasteiger partial charge in [-0.15, -0.1) is 11.8 Å². The van der Waals surface area contributed by atoms with E-state index < -0.39 is 0 Å². The summed E-state index contributed by atoms with van der Waals surface area (Å²) in [5.74, 6) is 0.389. The third kappa shape index (κ3) is 3.03. The van der Waals surface area contributed by atoms with Gasteiger partial charge in [-0.2, -0.15) is 0 Å². The largest absolute Gasteiger partial charge is 0.330 e. The Morgan fingerprint density at radius 2 is 2.05 bits per heavy atom. The Balaban J connectivity index is 1.71. The second kappa shape index (κ2) is 6.21. The molecule has 0 saturated carbocycles. The van der Waals surface area contributed by atoms with Crippen LogP contribution in [0.5, 0.6) is 0 Å². The molecule has 104 valence electrons. The zero-order valence-corrected chi connectivity index (χ0v) is 12.8. The number of fused-ring (bicyclic) bond motifs is 1. The Morgan fingerprint density at radius 3 is 2.80 bits per heavy atom. The molecule has 20 heavy (non-hydrogen) atoms. The van der Waals surface area contributed by atoms with Crippen molar-refractivity contribution in [3.8, 4) is 0 Å². The van der Waals surface area contributed by atoms with Crippen molar-refractivity contribution in [3.63, 3.8) is 0 Å². The second-order valence-electron chi connectivity index (χ2n) is 5.28. The molecule has 3 heteroatoms. The van der Waals surface area contributed by atoms with Gasteiger partial charge in [-0.25, -0.2) is 0 Å². The molecule has 1 aliphatic heterocycles. The van der Waals surface area contributed by atoms with Crippen LogP contribution in [-0.4, -0.2) is 11.8 Å². The van der Waals surface area contributed by atoms with Gasteiger partial charge in [0, 0.05) is 15.2 Å². The van der Waals surface area contributed by atoms with E-state index in [1.807, 2.05) is 30.0 Å². The van der Waals surface area contributed by atoms with E-state index in [0.717, 1.165) is 17.9 Å². The maximum Gasteiger partial charge on any atom is 0.0408 e. The predicted molar refractivity (Wildman–Crippen MR) is 87.7 cm³/mol. The van der Waals surface area contributed by atoms with E-state index in [4.69, 9.17) is 17.3 Å². The first-order valence-electron chi connectivity index (χ1n) is 6.96. The van der Waals surface area contributed by atoms with Gasteiger partial charge in [-0.1, -0.05) is 41.9 Å². The van der Waals surface area contributed by atoms with Gasteiger partial charge < -0.3 is 5.73 Å². The Kier molecular flexibility index (Phi) is 4.35. The van der Waals surface area contributed by atoms with Crippen molar-refractivity contribution in [2.45, 2.75) is 28.9 Å². The van der Waals surface area contributed by atoms with Crippen LogP contribution in [0.1, 0.15) is 23.5 Å². The molecule has 1 aliphatic rings. The molecule has 0 saturated heterocycles. The summed E-state index contributed by atoms with van der Waals surface area (Å²) in [5, 5.41) is 1.42. The van der Waals surface area contributed by atoms with Crippen molar-refractivity contribution in [1.82, 2.24) is 0 Å². The topological polar surface area (TPSA) is 26.0 Å². The molecule has 2 N–H and O–H groups in total. The normalized spacial score (nSPS) is 18.8. The molecule has 1 heterocycles. The van der Waals surface area contributed by atoms with Gasteiger partial charge in [0.15, 0.2) is 0 Å². The quantitative estimate of drug-likeness (QED) is 0.900. The minimum absolute atomic E-state index is 0.389. The van der Waals surface area contributed by atoms with Crippen LogP contribution in [0.15, 0.2) is 53.4 Å². The molecule has 0 spiro atoms. The minimum atomic E-state index is 0.389. The first-order valence-corrected chi connectivity index (χ1v) is 8.22. The molecule has 0 radical (unpaired) electrons. The molecule has 1 nitrogen and oxygen atoms in total. The molecular weight excluding hydrogens is 286 g/mol. The number of hydrogen-bond acceptors (Lipinski definition) is 2. The summed E-state index contributed by atoms with van der Waals surface area (Å²) in [6, 6.07) is 16.8. The van der Waals surface area contributed by atoms with Gasteiger partial charge >= 0.3 is 0 Å². The van der Waals surface area contributed by atoms with Crippen molar-refractivity contribution in [2.75, 3.05) is 6.54 Å². The molecule has 2 unspecified atom stereocenters. The van der Waals surface area contributed by atoms with Crippen molar-refractivity contribution >= 4 is 23.4 Å². The van der Waals surface area contributed by atoms with Gasteiger partial charge in [-0.05, 0) is 54.6 Å². The molecule has 0 fully saturated rings. The number of thioether (sulfide) groups is 1. The zero-order valence-electron chi connectivity index (χ0n) is 11.3. The van der Waals surface area contributed by atoms with Crippen molar-refractivity contribution in [3.05, 3.63) is 64.7 Å². The Hall–Kier alpha value is -0.960. The van der Waals surface area contributed by atoms with Crippen LogP contribution in [-0.2, 0) is 6.42 Å². The van der Waals surface area contributed by atoms with E-state index in [0.29, 0.717) is 17.7 Å². The first-order chi connectivity index (χ1) is 9.76. The maximum atomic E-state index is 6.09. The number of nitrogens with two attached hydrogens (primary N) is 1. The van der Waals surface area contributed by atoms with Crippen molar-refractivity contribution in [2.24, 2.45) is 5.73 Å². The van der Waals surface area contributed by atoms with Crippen LogP contribution in [0.2, 0.25) is 5.02 Å². The van der Waals surface area contributed by atoms with Gasteiger partial charge in [0.1, 0.15) is 0 Å². The molecule has 0 aromatic heterocycles. The fourth-order valence-electron chi connectivity index (χ4n) is 2.83. The number of benzene rings is 2. The highest BCUT2D eigenvalue weighted by Gasteiger charge is 2.25. The minimum Gasteiger partial charge on any atom is -0.330 e. The fourth-order valence-corrected chi connectivity index (χ4v) is 4.44. The summed E-state index contributed by atoms with van der Waals surface area (Å²) in [5.41, 5.74) is 8.72. The summed E-state index contributed by atoms with van der Waals surface area (Å²) in [4.78, 5) is 1.43. The monoisotopic (exact) mass is 303 g/mol. The summed E-state index contributed by atoms with van der Waals surface area (Å²) in [6.07, 6.45) is 2.26. The lowest BCUT2D eigenvalue weighted by atomic mass is 9.92. The van der Waals surface area contributed by atoms with Crippen LogP contribution in [0.4, 0.5) is 0 Å². The van der Waals surface area contributed by atoms with Gasteiger partial charge in [0.25, 0.3) is 0 Å². The maximum absolute atomic E-state index is 6.09. The lowest BCUT2D eigenvalue weighted by molar-refractivity contribution is 0.614. The molecule has 0 aliphatic carbocycles. The standard InChI is InChI=1S/C17H18ClNS/c18-15-6-3-5-12(8-15)14(11-19)10-16-9-13-4-1-2-7-17(13)20-16/h1-8,14,16H,9-11,19H2. The Labute approximate surface area is 129 Å². The summed E-state index contributed by atoms with van der Waals surface area (Å²) < 4.78 is 0. The van der Waals surface area contributed by atoms with E-state index >= 15 is 0 Å². The molecule has 0 amide bonds. The average molecular weight is 304 g/mol. The first kappa shape index (κ1) is 14.0. The fraction of sp³-hybridized carbons (Fsp3) is 0.294. The third-order valence-electron chi connectivity index (χ3n) is 3.87. The van der Waals surface area contributed by atoms with E-state index in [9.17, 15) is 0 Å². The summed E-state index contributed by atoms with van der Waals surface area (Å²) in [6.45, 7) is 0.674.